The molecule has 0 aliphatic carbocycles. The second-order valence-corrected chi connectivity index (χ2v) is 5.68. The Kier molecular flexibility index (Phi) is 7.72. The standard InChI is InChI=1S/C19H23N3O2S/c1-3-20-19(25)22-21-14-16-9-10-17(18(13-16)23-2)24-12-11-15-7-5-4-6-8-15/h4-10,13-14H,3,11-12H2,1-2H3,(H2,20,22,25)/p+1. The fourth-order valence-corrected chi connectivity index (χ4v) is 2.41. The summed E-state index contributed by atoms with van der Waals surface area (Å²) in [7, 11) is 1.63. The molecule has 132 valence electrons. The van der Waals surface area contributed by atoms with Crippen molar-refractivity contribution in [3.63, 3.8) is 0 Å². The van der Waals surface area contributed by atoms with Gasteiger partial charge in [-0.2, -0.15) is 0 Å². The first-order chi connectivity index (χ1) is 12.2. The largest absolute Gasteiger partial charge is 0.493 e. The monoisotopic (exact) mass is 358 g/mol. The zero-order valence-electron chi connectivity index (χ0n) is 14.5. The van der Waals surface area contributed by atoms with Crippen LogP contribution in [-0.2, 0) is 6.42 Å². The Bertz CT molecular complexity index is 705. The van der Waals surface area contributed by atoms with Crippen molar-refractivity contribution >= 4 is 23.5 Å². The number of hydrogen-bond donors (Lipinski definition) is 3. The van der Waals surface area contributed by atoms with Crippen LogP contribution in [0.2, 0.25) is 0 Å². The van der Waals surface area contributed by atoms with E-state index in [4.69, 9.17) is 21.7 Å². The van der Waals surface area contributed by atoms with Crippen molar-refractivity contribution in [2.24, 2.45) is 0 Å². The normalized spacial score (nSPS) is 10.5. The second kappa shape index (κ2) is 10.3. The Balaban J connectivity index is 1.92. The van der Waals surface area contributed by atoms with Crippen LogP contribution in [0.1, 0.15) is 18.1 Å². The molecule has 25 heavy (non-hydrogen) atoms. The van der Waals surface area contributed by atoms with Crippen LogP contribution >= 0.6 is 12.2 Å². The summed E-state index contributed by atoms with van der Waals surface area (Å²) in [5.74, 6) is 1.42. The zero-order chi connectivity index (χ0) is 17.9. The van der Waals surface area contributed by atoms with E-state index in [9.17, 15) is 0 Å². The zero-order valence-corrected chi connectivity index (χ0v) is 15.4. The van der Waals surface area contributed by atoms with Crippen molar-refractivity contribution in [3.8, 4) is 11.5 Å². The summed E-state index contributed by atoms with van der Waals surface area (Å²) in [5.41, 5.74) is 5.07. The summed E-state index contributed by atoms with van der Waals surface area (Å²) in [6, 6.07) is 16.0. The van der Waals surface area contributed by atoms with Gasteiger partial charge in [-0.1, -0.05) is 30.3 Å². The van der Waals surface area contributed by atoms with E-state index >= 15 is 0 Å². The van der Waals surface area contributed by atoms with Crippen LogP contribution in [0.25, 0.3) is 0 Å². The van der Waals surface area contributed by atoms with E-state index in [1.54, 1.807) is 13.3 Å². The molecule has 0 unspecified atom stereocenters. The van der Waals surface area contributed by atoms with Gasteiger partial charge in [-0.05, 0) is 42.9 Å². The van der Waals surface area contributed by atoms with Crippen molar-refractivity contribution in [2.75, 3.05) is 20.3 Å². The van der Waals surface area contributed by atoms with Gasteiger partial charge in [-0.3, -0.25) is 0 Å². The van der Waals surface area contributed by atoms with Gasteiger partial charge in [0.2, 0.25) is 5.11 Å². The Morgan fingerprint density at radius 3 is 2.68 bits per heavy atom. The third kappa shape index (κ3) is 6.43. The number of benzene rings is 2. The molecule has 0 aliphatic rings. The van der Waals surface area contributed by atoms with E-state index < -0.39 is 0 Å². The maximum atomic E-state index is 5.86. The van der Waals surface area contributed by atoms with Crippen LogP contribution in [-0.4, -0.2) is 31.6 Å². The molecule has 6 heteroatoms. The van der Waals surface area contributed by atoms with Crippen molar-refractivity contribution in [2.45, 2.75) is 13.3 Å². The van der Waals surface area contributed by atoms with Crippen LogP contribution in [0.4, 0.5) is 0 Å². The number of nitrogens with one attached hydrogen (secondary N) is 3. The first-order valence-corrected chi connectivity index (χ1v) is 8.61. The number of rotatable bonds is 8. The lowest BCUT2D eigenvalue weighted by atomic mass is 10.2. The summed E-state index contributed by atoms with van der Waals surface area (Å²) in [6.45, 7) is 3.36. The number of methoxy groups -OCH3 is 1. The number of hydrazine groups is 1. The molecule has 0 saturated heterocycles. The van der Waals surface area contributed by atoms with E-state index in [-0.39, 0.29) is 0 Å². The molecular formula is C19H24N3O2S+. The molecule has 0 atom stereocenters. The van der Waals surface area contributed by atoms with Gasteiger partial charge in [0.05, 0.1) is 13.7 Å². The second-order valence-electron chi connectivity index (χ2n) is 5.27. The number of ether oxygens (including phenoxy) is 2. The molecule has 3 N–H and O–H groups in total. The maximum absolute atomic E-state index is 5.86. The van der Waals surface area contributed by atoms with Gasteiger partial charge in [0.25, 0.3) is 0 Å². The summed E-state index contributed by atoms with van der Waals surface area (Å²) in [4.78, 5) is 0. The number of thiocarbonyl (C=S) groups is 1. The Labute approximate surface area is 154 Å². The molecule has 5 nitrogen and oxygen atoms in total. The molecule has 0 aromatic heterocycles. The lowest BCUT2D eigenvalue weighted by Gasteiger charge is -2.11. The highest BCUT2D eigenvalue weighted by Crippen LogP contribution is 2.27. The van der Waals surface area contributed by atoms with Crippen LogP contribution in [0, 0.1) is 0 Å². The third-order valence-electron chi connectivity index (χ3n) is 3.44. The Morgan fingerprint density at radius 2 is 1.96 bits per heavy atom. The molecule has 0 spiro atoms. The van der Waals surface area contributed by atoms with Crippen molar-refractivity contribution < 1.29 is 14.6 Å². The highest BCUT2D eigenvalue weighted by Gasteiger charge is 2.06. The predicted molar refractivity (Wildman–Crippen MR) is 104 cm³/mol. The van der Waals surface area contributed by atoms with Gasteiger partial charge in [0.1, 0.15) is 0 Å². The summed E-state index contributed by atoms with van der Waals surface area (Å²) in [6.07, 6.45) is 2.66. The molecule has 0 aliphatic heterocycles. The van der Waals surface area contributed by atoms with Crippen LogP contribution in [0.3, 0.4) is 0 Å². The first kappa shape index (κ1) is 18.7. The average Bonchev–Trinajstić information content (AvgIpc) is 2.63. The molecule has 2 aromatic rings. The van der Waals surface area contributed by atoms with Gasteiger partial charge in [0.15, 0.2) is 17.7 Å². The summed E-state index contributed by atoms with van der Waals surface area (Å²) in [5, 5.41) is 6.49. The topological polar surface area (TPSA) is 56.5 Å². The van der Waals surface area contributed by atoms with Gasteiger partial charge < -0.3 is 14.8 Å². The van der Waals surface area contributed by atoms with Gasteiger partial charge in [-0.25, -0.2) is 0 Å². The molecule has 2 aromatic carbocycles. The number of hydrazone groups is 1. The molecule has 0 heterocycles. The van der Waals surface area contributed by atoms with Crippen LogP contribution in [0.15, 0.2) is 48.5 Å². The quantitative estimate of drug-likeness (QED) is 0.376. The SMILES string of the molecule is CCNC(=S)N[NH+]=Cc1ccc(OCCc2ccccc2)c(OC)c1. The van der Waals surface area contributed by atoms with Gasteiger partial charge in [-0.15, -0.1) is 10.5 Å². The molecule has 0 fully saturated rings. The van der Waals surface area contributed by atoms with Crippen molar-refractivity contribution in [1.82, 2.24) is 10.7 Å². The van der Waals surface area contributed by atoms with E-state index in [0.29, 0.717) is 17.5 Å². The van der Waals surface area contributed by atoms with Crippen LogP contribution < -0.4 is 25.3 Å². The van der Waals surface area contributed by atoms with Crippen molar-refractivity contribution in [3.05, 3.63) is 59.7 Å². The minimum atomic E-state index is 0.548. The fraction of sp³-hybridized carbons (Fsp3) is 0.263. The predicted octanol–water partition coefficient (Wildman–Crippen LogP) is 1.22. The lowest BCUT2D eigenvalue weighted by molar-refractivity contribution is -0.500. The molecule has 0 amide bonds. The molecule has 0 bridgehead atoms. The highest BCUT2D eigenvalue weighted by molar-refractivity contribution is 7.80. The number of hydrogen-bond acceptors (Lipinski definition) is 3. The van der Waals surface area contributed by atoms with Gasteiger partial charge in [0, 0.05) is 18.5 Å². The smallest absolute Gasteiger partial charge is 0.223 e. The van der Waals surface area contributed by atoms with Crippen molar-refractivity contribution in [1.29, 1.82) is 0 Å². The molecule has 0 saturated carbocycles. The first-order valence-electron chi connectivity index (χ1n) is 8.20. The Morgan fingerprint density at radius 1 is 1.16 bits per heavy atom. The van der Waals surface area contributed by atoms with Crippen LogP contribution in [0.5, 0.6) is 11.5 Å². The minimum absolute atomic E-state index is 0.548. The average molecular weight is 358 g/mol. The van der Waals surface area contributed by atoms with E-state index in [0.717, 1.165) is 24.3 Å². The van der Waals surface area contributed by atoms with E-state index in [2.05, 4.69) is 28.0 Å². The third-order valence-corrected chi connectivity index (χ3v) is 3.69. The van der Waals surface area contributed by atoms with E-state index in [1.165, 1.54) is 5.56 Å². The summed E-state index contributed by atoms with van der Waals surface area (Å²) >= 11 is 5.08. The van der Waals surface area contributed by atoms with E-state index in [1.807, 2.05) is 43.3 Å². The molecule has 0 radical (unpaired) electrons. The highest BCUT2D eigenvalue weighted by atomic mass is 32.1. The lowest BCUT2D eigenvalue weighted by Crippen LogP contribution is -2.82. The maximum Gasteiger partial charge on any atom is 0.223 e. The fourth-order valence-electron chi connectivity index (χ4n) is 2.21. The Hall–Kier alpha value is -2.60. The molecule has 2 rings (SSSR count). The molecular weight excluding hydrogens is 334 g/mol. The minimum Gasteiger partial charge on any atom is -0.493 e. The van der Waals surface area contributed by atoms with Gasteiger partial charge >= 0.3 is 0 Å². The summed E-state index contributed by atoms with van der Waals surface area (Å²) < 4.78 is 11.3.